The molecule has 4 aromatic rings. The Morgan fingerprint density at radius 1 is 0.846 bits per heavy atom. The molecule has 4 heteroatoms. The Bertz CT molecular complexity index is 1000. The van der Waals surface area contributed by atoms with Crippen LogP contribution >= 0.6 is 0 Å². The number of fused-ring (bicyclic) bond motifs is 1. The minimum atomic E-state index is -0.324. The Hall–Kier alpha value is -3.40. The van der Waals surface area contributed by atoms with Crippen LogP contribution in [0.1, 0.15) is 27.7 Å². The van der Waals surface area contributed by atoms with Crippen molar-refractivity contribution in [2.24, 2.45) is 0 Å². The summed E-state index contributed by atoms with van der Waals surface area (Å²) in [6, 6.07) is 25.4. The zero-order valence-electron chi connectivity index (χ0n) is 13.9. The third kappa shape index (κ3) is 3.22. The van der Waals surface area contributed by atoms with Gasteiger partial charge in [-0.25, -0.2) is 4.39 Å². The SMILES string of the molecule is O=C(NC(c1ccccc1)c1ccccc1)c1cc2cc(F)ccc2[nH]1. The molecule has 0 bridgehead atoms. The van der Waals surface area contributed by atoms with E-state index >= 15 is 0 Å². The van der Waals surface area contributed by atoms with Crippen LogP contribution in [0.15, 0.2) is 84.9 Å². The lowest BCUT2D eigenvalue weighted by molar-refractivity contribution is 0.0939. The molecule has 0 aliphatic carbocycles. The highest BCUT2D eigenvalue weighted by molar-refractivity contribution is 5.98. The van der Waals surface area contributed by atoms with Crippen molar-refractivity contribution in [2.45, 2.75) is 6.04 Å². The van der Waals surface area contributed by atoms with E-state index in [0.717, 1.165) is 16.6 Å². The standard InChI is InChI=1S/C22H17FN2O/c23-18-11-12-19-17(13-18)14-20(24-19)22(26)25-21(15-7-3-1-4-8-15)16-9-5-2-6-10-16/h1-14,21,24H,(H,25,26). The van der Waals surface area contributed by atoms with Crippen LogP contribution in [0.5, 0.6) is 0 Å². The van der Waals surface area contributed by atoms with Crippen molar-refractivity contribution < 1.29 is 9.18 Å². The molecule has 0 aliphatic rings. The van der Waals surface area contributed by atoms with Crippen LogP contribution < -0.4 is 5.32 Å². The molecule has 3 nitrogen and oxygen atoms in total. The number of carbonyl (C=O) groups is 1. The Morgan fingerprint density at radius 2 is 1.46 bits per heavy atom. The lowest BCUT2D eigenvalue weighted by atomic mass is 9.98. The van der Waals surface area contributed by atoms with Crippen LogP contribution in [0, 0.1) is 5.82 Å². The molecule has 2 N–H and O–H groups in total. The van der Waals surface area contributed by atoms with Gasteiger partial charge in [-0.2, -0.15) is 0 Å². The molecule has 0 atom stereocenters. The lowest BCUT2D eigenvalue weighted by Crippen LogP contribution is -2.29. The normalized spacial score (nSPS) is 11.0. The van der Waals surface area contributed by atoms with E-state index in [2.05, 4.69) is 10.3 Å². The smallest absolute Gasteiger partial charge is 0.268 e. The van der Waals surface area contributed by atoms with Crippen LogP contribution in [0.3, 0.4) is 0 Å². The fourth-order valence-corrected chi connectivity index (χ4v) is 3.08. The maximum Gasteiger partial charge on any atom is 0.268 e. The number of halogens is 1. The van der Waals surface area contributed by atoms with Gasteiger partial charge in [0.25, 0.3) is 5.91 Å². The van der Waals surface area contributed by atoms with Gasteiger partial charge in [0, 0.05) is 10.9 Å². The largest absolute Gasteiger partial charge is 0.351 e. The first-order chi connectivity index (χ1) is 12.7. The predicted octanol–water partition coefficient (Wildman–Crippen LogP) is 4.83. The molecule has 0 spiro atoms. The predicted molar refractivity (Wildman–Crippen MR) is 100 cm³/mol. The van der Waals surface area contributed by atoms with E-state index in [1.807, 2.05) is 60.7 Å². The summed E-state index contributed by atoms with van der Waals surface area (Å²) in [5.41, 5.74) is 3.12. The van der Waals surface area contributed by atoms with Crippen molar-refractivity contribution in [1.82, 2.24) is 10.3 Å². The number of aromatic nitrogens is 1. The van der Waals surface area contributed by atoms with Gasteiger partial charge >= 0.3 is 0 Å². The Labute approximate surface area is 150 Å². The number of rotatable bonds is 4. The monoisotopic (exact) mass is 344 g/mol. The summed E-state index contributed by atoms with van der Waals surface area (Å²) in [5, 5.41) is 3.75. The van der Waals surface area contributed by atoms with Crippen molar-refractivity contribution in [3.8, 4) is 0 Å². The van der Waals surface area contributed by atoms with E-state index in [9.17, 15) is 9.18 Å². The molecule has 0 unspecified atom stereocenters. The molecule has 3 aromatic carbocycles. The summed E-state index contributed by atoms with van der Waals surface area (Å²) >= 11 is 0. The van der Waals surface area contributed by atoms with Gasteiger partial charge in [0.2, 0.25) is 0 Å². The van der Waals surface area contributed by atoms with Gasteiger partial charge < -0.3 is 10.3 Å². The van der Waals surface area contributed by atoms with E-state index in [4.69, 9.17) is 0 Å². The first kappa shape index (κ1) is 16.1. The van der Waals surface area contributed by atoms with Crippen molar-refractivity contribution in [3.63, 3.8) is 0 Å². The van der Waals surface area contributed by atoms with Gasteiger partial charge in [-0.05, 0) is 35.4 Å². The summed E-state index contributed by atoms with van der Waals surface area (Å²) in [6.45, 7) is 0. The third-order valence-electron chi connectivity index (χ3n) is 4.37. The molecule has 0 saturated carbocycles. The molecular formula is C22H17FN2O. The Balaban J connectivity index is 1.67. The molecular weight excluding hydrogens is 327 g/mol. The van der Waals surface area contributed by atoms with Crippen molar-refractivity contribution in [2.75, 3.05) is 0 Å². The number of H-pyrrole nitrogens is 1. The zero-order chi connectivity index (χ0) is 17.9. The molecule has 128 valence electrons. The summed E-state index contributed by atoms with van der Waals surface area (Å²) < 4.78 is 13.4. The fraction of sp³-hybridized carbons (Fsp3) is 0.0455. The quantitative estimate of drug-likeness (QED) is 0.547. The van der Waals surface area contributed by atoms with E-state index < -0.39 is 0 Å². The molecule has 26 heavy (non-hydrogen) atoms. The number of amides is 1. The number of aromatic amines is 1. The van der Waals surface area contributed by atoms with Crippen LogP contribution in [0.4, 0.5) is 4.39 Å². The van der Waals surface area contributed by atoms with E-state index in [1.54, 1.807) is 12.1 Å². The van der Waals surface area contributed by atoms with Gasteiger partial charge in [0.15, 0.2) is 0 Å². The minimum absolute atomic E-state index is 0.237. The highest BCUT2D eigenvalue weighted by atomic mass is 19.1. The van der Waals surface area contributed by atoms with Gasteiger partial charge in [-0.15, -0.1) is 0 Å². The molecule has 0 fully saturated rings. The molecule has 0 radical (unpaired) electrons. The van der Waals surface area contributed by atoms with E-state index in [-0.39, 0.29) is 17.8 Å². The second-order valence-electron chi connectivity index (χ2n) is 6.14. The summed E-state index contributed by atoms with van der Waals surface area (Å²) in [7, 11) is 0. The van der Waals surface area contributed by atoms with Gasteiger partial charge in [0.1, 0.15) is 11.5 Å². The van der Waals surface area contributed by atoms with Crippen molar-refractivity contribution in [3.05, 3.63) is 108 Å². The fourth-order valence-electron chi connectivity index (χ4n) is 3.08. The number of hydrogen-bond donors (Lipinski definition) is 2. The minimum Gasteiger partial charge on any atom is -0.351 e. The Morgan fingerprint density at radius 3 is 2.08 bits per heavy atom. The van der Waals surface area contributed by atoms with Crippen LogP contribution in [0.25, 0.3) is 10.9 Å². The molecule has 1 amide bonds. The van der Waals surface area contributed by atoms with Crippen LogP contribution in [-0.4, -0.2) is 10.9 Å². The van der Waals surface area contributed by atoms with Gasteiger partial charge in [0.05, 0.1) is 6.04 Å². The highest BCUT2D eigenvalue weighted by Gasteiger charge is 2.18. The number of carbonyl (C=O) groups excluding carboxylic acids is 1. The number of nitrogens with one attached hydrogen (secondary N) is 2. The average molecular weight is 344 g/mol. The van der Waals surface area contributed by atoms with Gasteiger partial charge in [-0.1, -0.05) is 60.7 Å². The lowest BCUT2D eigenvalue weighted by Gasteiger charge is -2.19. The summed E-state index contributed by atoms with van der Waals surface area (Å²) in [6.07, 6.45) is 0. The van der Waals surface area contributed by atoms with Crippen LogP contribution in [0.2, 0.25) is 0 Å². The number of benzene rings is 3. The maximum atomic E-state index is 13.4. The molecule has 4 rings (SSSR count). The van der Waals surface area contributed by atoms with E-state index in [1.165, 1.54) is 12.1 Å². The van der Waals surface area contributed by atoms with Crippen molar-refractivity contribution in [1.29, 1.82) is 0 Å². The molecule has 1 aromatic heterocycles. The van der Waals surface area contributed by atoms with Gasteiger partial charge in [-0.3, -0.25) is 4.79 Å². The maximum absolute atomic E-state index is 13.4. The molecule has 0 saturated heterocycles. The summed E-state index contributed by atoms with van der Waals surface area (Å²) in [4.78, 5) is 15.9. The van der Waals surface area contributed by atoms with Crippen molar-refractivity contribution >= 4 is 16.8 Å². The average Bonchev–Trinajstić information content (AvgIpc) is 3.10. The first-order valence-corrected chi connectivity index (χ1v) is 8.40. The van der Waals surface area contributed by atoms with Crippen LogP contribution in [-0.2, 0) is 0 Å². The second-order valence-corrected chi connectivity index (χ2v) is 6.14. The first-order valence-electron chi connectivity index (χ1n) is 8.40. The third-order valence-corrected chi connectivity index (χ3v) is 4.37. The van der Waals surface area contributed by atoms with E-state index in [0.29, 0.717) is 11.1 Å². The zero-order valence-corrected chi connectivity index (χ0v) is 13.9. The second kappa shape index (κ2) is 6.84. The summed E-state index contributed by atoms with van der Waals surface area (Å²) in [5.74, 6) is -0.561. The Kier molecular flexibility index (Phi) is 4.23. The number of hydrogen-bond acceptors (Lipinski definition) is 1. The molecule has 1 heterocycles. The topological polar surface area (TPSA) is 44.9 Å². The highest BCUT2D eigenvalue weighted by Crippen LogP contribution is 2.23. The molecule has 0 aliphatic heterocycles.